The Kier molecular flexibility index (Phi) is 1.96. The molecule has 0 fully saturated rings. The lowest BCUT2D eigenvalue weighted by atomic mass is 10.0. The normalized spacial score (nSPS) is 16.8. The second-order valence-corrected chi connectivity index (χ2v) is 3.06. The Bertz CT molecular complexity index is 302. The highest BCUT2D eigenvalue weighted by Crippen LogP contribution is 2.21. The first kappa shape index (κ1) is 7.56. The molecule has 12 heavy (non-hydrogen) atoms. The summed E-state index contributed by atoms with van der Waals surface area (Å²) in [5, 5.41) is 0. The van der Waals surface area contributed by atoms with Crippen LogP contribution < -0.4 is 0 Å². The number of benzene rings is 1. The predicted molar refractivity (Wildman–Crippen MR) is 50.0 cm³/mol. The van der Waals surface area contributed by atoms with E-state index in [2.05, 4.69) is 30.8 Å². The summed E-state index contributed by atoms with van der Waals surface area (Å²) in [5.74, 6) is 0. The molecule has 0 saturated heterocycles. The molecule has 1 aliphatic heterocycles. The lowest BCUT2D eigenvalue weighted by molar-refractivity contribution is 0.174. The summed E-state index contributed by atoms with van der Waals surface area (Å²) >= 11 is 0. The predicted octanol–water partition coefficient (Wildman–Crippen LogP) is 2.27. The molecular formula is C11H12O. The largest absolute Gasteiger partial charge is 0.376 e. The minimum Gasteiger partial charge on any atom is -0.376 e. The van der Waals surface area contributed by atoms with E-state index in [4.69, 9.17) is 4.74 Å². The summed E-state index contributed by atoms with van der Waals surface area (Å²) in [7, 11) is 0. The van der Waals surface area contributed by atoms with Gasteiger partial charge < -0.3 is 4.74 Å². The van der Waals surface area contributed by atoms with Gasteiger partial charge in [-0.3, -0.25) is 0 Å². The first-order valence-electron chi connectivity index (χ1n) is 4.22. The summed E-state index contributed by atoms with van der Waals surface area (Å²) in [6.07, 6.45) is 1.01. The zero-order valence-electron chi connectivity index (χ0n) is 7.05. The highest BCUT2D eigenvalue weighted by Gasteiger charge is 2.09. The van der Waals surface area contributed by atoms with Crippen molar-refractivity contribution < 1.29 is 4.74 Å². The molecule has 0 aliphatic carbocycles. The molecule has 0 saturated carbocycles. The lowest BCUT2D eigenvalue weighted by Gasteiger charge is -2.04. The number of rotatable bonds is 0. The average molecular weight is 160 g/mol. The van der Waals surface area contributed by atoms with Crippen LogP contribution in [0.3, 0.4) is 0 Å². The molecule has 0 spiro atoms. The van der Waals surface area contributed by atoms with E-state index in [9.17, 15) is 0 Å². The fraction of sp³-hybridized carbons (Fsp3) is 0.273. The van der Waals surface area contributed by atoms with E-state index >= 15 is 0 Å². The van der Waals surface area contributed by atoms with Crippen molar-refractivity contribution in [1.82, 2.24) is 0 Å². The van der Waals surface area contributed by atoms with Gasteiger partial charge >= 0.3 is 0 Å². The highest BCUT2D eigenvalue weighted by molar-refractivity contribution is 5.67. The van der Waals surface area contributed by atoms with Crippen LogP contribution in [0, 0.1) is 0 Å². The average Bonchev–Trinajstić information content (AvgIpc) is 2.29. The number of ether oxygens (including phenoxy) is 1. The van der Waals surface area contributed by atoms with Crippen LogP contribution >= 0.6 is 0 Å². The standard InChI is InChI=1S/C11H12O/c1-9-8-12-7-6-10-4-2-3-5-11(9)10/h2-5H,1,6-8H2. The van der Waals surface area contributed by atoms with Crippen molar-refractivity contribution in [3.05, 3.63) is 42.0 Å². The topological polar surface area (TPSA) is 9.23 Å². The Morgan fingerprint density at radius 3 is 3.00 bits per heavy atom. The third kappa shape index (κ3) is 1.28. The Balaban J connectivity index is 2.46. The zero-order chi connectivity index (χ0) is 8.39. The summed E-state index contributed by atoms with van der Waals surface area (Å²) in [6.45, 7) is 5.48. The van der Waals surface area contributed by atoms with Crippen LogP contribution in [-0.4, -0.2) is 13.2 Å². The minimum absolute atomic E-state index is 0.678. The Hall–Kier alpha value is -1.08. The fourth-order valence-corrected chi connectivity index (χ4v) is 1.54. The van der Waals surface area contributed by atoms with E-state index in [0.717, 1.165) is 18.6 Å². The van der Waals surface area contributed by atoms with E-state index in [1.165, 1.54) is 11.1 Å². The van der Waals surface area contributed by atoms with Gasteiger partial charge in [-0.2, -0.15) is 0 Å². The highest BCUT2D eigenvalue weighted by atomic mass is 16.5. The number of hydrogen-bond donors (Lipinski definition) is 0. The Morgan fingerprint density at radius 2 is 2.08 bits per heavy atom. The maximum absolute atomic E-state index is 5.39. The van der Waals surface area contributed by atoms with Gasteiger partial charge in [-0.25, -0.2) is 0 Å². The SMILES string of the molecule is C=C1COCCc2ccccc21. The fourth-order valence-electron chi connectivity index (χ4n) is 1.54. The molecule has 1 aliphatic rings. The van der Waals surface area contributed by atoms with E-state index in [-0.39, 0.29) is 0 Å². The monoisotopic (exact) mass is 160 g/mol. The van der Waals surface area contributed by atoms with Crippen molar-refractivity contribution in [2.24, 2.45) is 0 Å². The van der Waals surface area contributed by atoms with Gasteiger partial charge in [0.05, 0.1) is 13.2 Å². The van der Waals surface area contributed by atoms with Gasteiger partial charge in [-0.1, -0.05) is 30.8 Å². The molecule has 0 N–H and O–H groups in total. The summed E-state index contributed by atoms with van der Waals surface area (Å²) < 4.78 is 5.39. The first-order valence-corrected chi connectivity index (χ1v) is 4.22. The van der Waals surface area contributed by atoms with E-state index in [0.29, 0.717) is 6.61 Å². The summed E-state index contributed by atoms with van der Waals surface area (Å²) in [5.41, 5.74) is 3.73. The minimum atomic E-state index is 0.678. The van der Waals surface area contributed by atoms with Crippen LogP contribution in [0.5, 0.6) is 0 Å². The first-order chi connectivity index (χ1) is 5.88. The van der Waals surface area contributed by atoms with Crippen molar-refractivity contribution >= 4 is 5.57 Å². The quantitative estimate of drug-likeness (QED) is 0.565. The molecule has 1 nitrogen and oxygen atoms in total. The lowest BCUT2D eigenvalue weighted by Crippen LogP contribution is -1.93. The molecule has 1 aromatic rings. The van der Waals surface area contributed by atoms with Gasteiger partial charge in [0.1, 0.15) is 0 Å². The molecule has 1 aromatic carbocycles. The van der Waals surface area contributed by atoms with Gasteiger partial charge in [0.25, 0.3) is 0 Å². The molecule has 0 aromatic heterocycles. The van der Waals surface area contributed by atoms with Crippen molar-refractivity contribution in [1.29, 1.82) is 0 Å². The van der Waals surface area contributed by atoms with Crippen molar-refractivity contribution in [3.63, 3.8) is 0 Å². The molecule has 2 rings (SSSR count). The third-order valence-corrected chi connectivity index (χ3v) is 2.19. The second-order valence-electron chi connectivity index (χ2n) is 3.06. The van der Waals surface area contributed by atoms with Crippen LogP contribution in [0.4, 0.5) is 0 Å². The smallest absolute Gasteiger partial charge is 0.0717 e. The molecule has 0 amide bonds. The van der Waals surface area contributed by atoms with Crippen molar-refractivity contribution in [2.45, 2.75) is 6.42 Å². The molecule has 1 heterocycles. The molecule has 0 unspecified atom stereocenters. The Labute approximate surface area is 72.7 Å². The van der Waals surface area contributed by atoms with Crippen LogP contribution in [0.15, 0.2) is 30.8 Å². The summed E-state index contributed by atoms with van der Waals surface area (Å²) in [6, 6.07) is 8.38. The molecule has 1 heteroatoms. The molecule has 0 radical (unpaired) electrons. The van der Waals surface area contributed by atoms with Crippen LogP contribution in [0.1, 0.15) is 11.1 Å². The maximum atomic E-state index is 5.39. The van der Waals surface area contributed by atoms with Gasteiger partial charge in [-0.15, -0.1) is 0 Å². The zero-order valence-corrected chi connectivity index (χ0v) is 7.05. The molecule has 62 valence electrons. The van der Waals surface area contributed by atoms with Crippen LogP contribution in [0.25, 0.3) is 5.57 Å². The van der Waals surface area contributed by atoms with E-state index in [1.54, 1.807) is 0 Å². The van der Waals surface area contributed by atoms with Gasteiger partial charge in [-0.05, 0) is 23.1 Å². The van der Waals surface area contributed by atoms with Gasteiger partial charge in [0.15, 0.2) is 0 Å². The molecular weight excluding hydrogens is 148 g/mol. The van der Waals surface area contributed by atoms with Crippen LogP contribution in [-0.2, 0) is 11.2 Å². The van der Waals surface area contributed by atoms with Crippen molar-refractivity contribution in [2.75, 3.05) is 13.2 Å². The van der Waals surface area contributed by atoms with Gasteiger partial charge in [0, 0.05) is 0 Å². The maximum Gasteiger partial charge on any atom is 0.0717 e. The number of hydrogen-bond acceptors (Lipinski definition) is 1. The second kappa shape index (κ2) is 3.11. The Morgan fingerprint density at radius 1 is 1.25 bits per heavy atom. The van der Waals surface area contributed by atoms with Gasteiger partial charge in [0.2, 0.25) is 0 Å². The number of fused-ring (bicyclic) bond motifs is 1. The molecule has 0 atom stereocenters. The van der Waals surface area contributed by atoms with E-state index in [1.807, 2.05) is 0 Å². The third-order valence-electron chi connectivity index (χ3n) is 2.19. The summed E-state index contributed by atoms with van der Waals surface area (Å²) in [4.78, 5) is 0. The van der Waals surface area contributed by atoms with Crippen molar-refractivity contribution in [3.8, 4) is 0 Å². The van der Waals surface area contributed by atoms with E-state index < -0.39 is 0 Å². The van der Waals surface area contributed by atoms with Crippen LogP contribution in [0.2, 0.25) is 0 Å². The molecule has 0 bridgehead atoms.